The van der Waals surface area contributed by atoms with Gasteiger partial charge in [-0.1, -0.05) is 46.9 Å². The van der Waals surface area contributed by atoms with E-state index in [1.807, 2.05) is 52.9 Å². The molecule has 2 nitrogen and oxygen atoms in total. The van der Waals surface area contributed by atoms with Crippen molar-refractivity contribution in [3.8, 4) is 5.69 Å². The Balaban J connectivity index is 2.59. The van der Waals surface area contributed by atoms with Crippen LogP contribution in [0.25, 0.3) is 5.69 Å². The van der Waals surface area contributed by atoms with Crippen molar-refractivity contribution in [3.05, 3.63) is 64.6 Å². The summed E-state index contributed by atoms with van der Waals surface area (Å²) >= 11 is 1.93. The van der Waals surface area contributed by atoms with Crippen LogP contribution < -0.4 is 5.56 Å². The molecule has 1 heterocycles. The predicted molar refractivity (Wildman–Crippen MR) is 79.2 cm³/mol. The Morgan fingerprint density at radius 1 is 1.06 bits per heavy atom. The van der Waals surface area contributed by atoms with Crippen LogP contribution in [0, 0.1) is 0 Å². The van der Waals surface area contributed by atoms with Gasteiger partial charge in [0, 0.05) is 18.0 Å². The number of alkyl halides is 1. The van der Waals surface area contributed by atoms with Gasteiger partial charge in [-0.15, -0.1) is 0 Å². The molecule has 2 rings (SSSR count). The molecule has 0 unspecified atom stereocenters. The first-order valence-electron chi connectivity index (χ1n) is 5.04. The van der Waals surface area contributed by atoms with Gasteiger partial charge in [0.05, 0.1) is 15.7 Å². The zero-order valence-corrected chi connectivity index (χ0v) is 11.2. The molecule has 0 saturated heterocycles. The molecule has 1 aromatic heterocycles. The molecule has 0 amide bonds. The first-order valence-corrected chi connectivity index (χ1v) is 6.11. The minimum atomic E-state index is -0.984. The molecule has 5 heteroatoms. The summed E-state index contributed by atoms with van der Waals surface area (Å²) in [5, 5.41) is 0. The predicted octanol–water partition coefficient (Wildman–Crippen LogP) is 1.72. The highest BCUT2D eigenvalue weighted by Gasteiger charge is 2.15. The topological polar surface area (TPSA) is 22.0 Å². The second kappa shape index (κ2) is 4.72. The summed E-state index contributed by atoms with van der Waals surface area (Å²) < 4.78 is 0.546. The highest BCUT2D eigenvalue weighted by Crippen LogP contribution is 2.23. The van der Waals surface area contributed by atoms with Crippen LogP contribution in [0.3, 0.4) is 0 Å². The number of aromatic nitrogens is 1. The lowest BCUT2D eigenvalue weighted by Crippen LogP contribution is -2.23. The van der Waals surface area contributed by atoms with Crippen molar-refractivity contribution in [2.45, 2.75) is 3.22 Å². The van der Waals surface area contributed by atoms with E-state index in [4.69, 9.17) is 15.7 Å². The van der Waals surface area contributed by atoms with Crippen LogP contribution in [-0.2, 0) is 3.22 Å². The number of pyridine rings is 1. The molecule has 0 atom stereocenters. The van der Waals surface area contributed by atoms with Crippen molar-refractivity contribution in [3.63, 3.8) is 0 Å². The van der Waals surface area contributed by atoms with Crippen LogP contribution in [0.15, 0.2) is 53.5 Å². The minimum Gasteiger partial charge on any atom is -0.284 e. The lowest BCUT2D eigenvalue weighted by atomic mass is 9.67. The number of nitrogens with zero attached hydrogens (tertiary/aromatic N) is 1. The van der Waals surface area contributed by atoms with E-state index in [1.54, 1.807) is 12.3 Å². The van der Waals surface area contributed by atoms with E-state index in [9.17, 15) is 4.79 Å². The van der Waals surface area contributed by atoms with Crippen molar-refractivity contribution < 1.29 is 0 Å². The lowest BCUT2D eigenvalue weighted by molar-refractivity contribution is 0.967. The molecule has 17 heavy (non-hydrogen) atoms. The number of rotatable bonds is 2. The highest BCUT2D eigenvalue weighted by atomic mass is 127. The molecule has 0 aliphatic carbocycles. The number of halogens is 1. The van der Waals surface area contributed by atoms with Crippen LogP contribution >= 0.6 is 22.6 Å². The van der Waals surface area contributed by atoms with E-state index in [2.05, 4.69) is 0 Å². The summed E-state index contributed by atoms with van der Waals surface area (Å²) in [6, 6.07) is 12.5. The van der Waals surface area contributed by atoms with Crippen LogP contribution in [0.2, 0.25) is 0 Å². The summed E-state index contributed by atoms with van der Waals surface area (Å²) in [6.45, 7) is 0. The van der Waals surface area contributed by atoms with Gasteiger partial charge in [-0.2, -0.15) is 0 Å². The zero-order valence-electron chi connectivity index (χ0n) is 9.01. The monoisotopic (exact) mass is 331 g/mol. The maximum atomic E-state index is 11.8. The molecule has 0 aliphatic rings. The van der Waals surface area contributed by atoms with E-state index in [0.29, 0.717) is 5.56 Å². The highest BCUT2D eigenvalue weighted by molar-refractivity contribution is 14.1. The van der Waals surface area contributed by atoms with Gasteiger partial charge in [0.15, 0.2) is 0 Å². The van der Waals surface area contributed by atoms with Crippen molar-refractivity contribution >= 4 is 38.3 Å². The maximum absolute atomic E-state index is 11.8. The van der Waals surface area contributed by atoms with Crippen molar-refractivity contribution in [2.24, 2.45) is 0 Å². The van der Waals surface area contributed by atoms with Crippen molar-refractivity contribution in [2.75, 3.05) is 0 Å². The summed E-state index contributed by atoms with van der Waals surface area (Å²) in [4.78, 5) is 11.8. The fourth-order valence-corrected chi connectivity index (χ4v) is 1.82. The lowest BCUT2D eigenvalue weighted by Gasteiger charge is -2.19. The largest absolute Gasteiger partial charge is 0.284 e. The van der Waals surface area contributed by atoms with E-state index < -0.39 is 3.22 Å². The first kappa shape index (κ1) is 12.5. The molecule has 4 radical (unpaired) electrons. The average Bonchev–Trinajstić information content (AvgIpc) is 2.29. The third-order valence-electron chi connectivity index (χ3n) is 2.39. The second-order valence-electron chi connectivity index (χ2n) is 3.73. The summed E-state index contributed by atoms with van der Waals surface area (Å²) in [5.74, 6) is 0. The Bertz CT molecular complexity index is 575. The van der Waals surface area contributed by atoms with Gasteiger partial charge in [0.2, 0.25) is 0 Å². The molecule has 80 valence electrons. The molecular weight excluding hydrogens is 323 g/mol. The Labute approximate surface area is 116 Å². The van der Waals surface area contributed by atoms with E-state index in [0.717, 1.165) is 5.69 Å². The van der Waals surface area contributed by atoms with Crippen LogP contribution in [0.4, 0.5) is 0 Å². The zero-order chi connectivity index (χ0) is 12.5. The Morgan fingerprint density at radius 2 is 1.71 bits per heavy atom. The number of para-hydroxylation sites is 1. The van der Waals surface area contributed by atoms with E-state index >= 15 is 0 Å². The third-order valence-corrected chi connectivity index (χ3v) is 3.01. The van der Waals surface area contributed by atoms with E-state index in [1.165, 1.54) is 10.6 Å². The molecule has 2 aromatic rings. The number of hydrogen-bond donors (Lipinski definition) is 0. The Hall–Kier alpha value is -0.970. The fourth-order valence-electron chi connectivity index (χ4n) is 1.50. The molecule has 0 spiro atoms. The summed E-state index contributed by atoms with van der Waals surface area (Å²) in [7, 11) is 11.6. The molecule has 0 saturated carbocycles. The Kier molecular flexibility index (Phi) is 3.47. The summed E-state index contributed by atoms with van der Waals surface area (Å²) in [6.07, 6.45) is 1.67. The van der Waals surface area contributed by atoms with Gasteiger partial charge < -0.3 is 0 Å². The second-order valence-corrected chi connectivity index (χ2v) is 5.51. The third kappa shape index (κ3) is 2.83. The Morgan fingerprint density at radius 3 is 2.29 bits per heavy atom. The van der Waals surface area contributed by atoms with Gasteiger partial charge in [-0.05, 0) is 20.9 Å². The van der Waals surface area contributed by atoms with Crippen LogP contribution in [-0.4, -0.2) is 20.3 Å². The first-order chi connectivity index (χ1) is 7.98. The molecule has 0 bridgehead atoms. The number of benzene rings is 1. The molecule has 0 fully saturated rings. The standard InChI is InChI=1S/C12H8B2INO/c13-12(14,15)9-6-7-11(17)16(8-9)10-4-2-1-3-5-10/h1-8H. The number of hydrogen-bond acceptors (Lipinski definition) is 1. The molecule has 1 aromatic carbocycles. The van der Waals surface area contributed by atoms with Gasteiger partial charge in [0.25, 0.3) is 5.56 Å². The molecular formula is C12H8B2INO. The smallest absolute Gasteiger partial charge is 0.255 e. The van der Waals surface area contributed by atoms with Crippen LogP contribution in [0.1, 0.15) is 5.56 Å². The maximum Gasteiger partial charge on any atom is 0.255 e. The van der Waals surface area contributed by atoms with Crippen molar-refractivity contribution in [1.29, 1.82) is 0 Å². The average molecular weight is 331 g/mol. The van der Waals surface area contributed by atoms with Crippen molar-refractivity contribution in [1.82, 2.24) is 4.57 Å². The van der Waals surface area contributed by atoms with Crippen LogP contribution in [0.5, 0.6) is 0 Å². The minimum absolute atomic E-state index is 0.111. The molecule has 0 aliphatic heterocycles. The van der Waals surface area contributed by atoms with Gasteiger partial charge in [-0.25, -0.2) is 0 Å². The molecule has 0 N–H and O–H groups in total. The SMILES string of the molecule is [B]C([B])(I)c1ccc(=O)n(-c2ccccc2)c1. The summed E-state index contributed by atoms with van der Waals surface area (Å²) in [5.41, 5.74) is 1.38. The quantitative estimate of drug-likeness (QED) is 0.467. The van der Waals surface area contributed by atoms with Gasteiger partial charge >= 0.3 is 0 Å². The van der Waals surface area contributed by atoms with Gasteiger partial charge in [0.1, 0.15) is 0 Å². The van der Waals surface area contributed by atoms with Gasteiger partial charge in [-0.3, -0.25) is 9.36 Å². The fraction of sp³-hybridized carbons (Fsp3) is 0.0833. The van der Waals surface area contributed by atoms with E-state index in [-0.39, 0.29) is 5.56 Å². The normalized spacial score (nSPS) is 11.4.